The lowest BCUT2D eigenvalue weighted by molar-refractivity contribution is 0.102. The SMILES string of the molecule is CC(C)c1cc(C(=O)Nc2ccc(-n3cc(C#N)c(N)n3)cc2)nn1C. The topological polar surface area (TPSA) is 115 Å². The van der Waals surface area contributed by atoms with Crippen LogP contribution in [0.5, 0.6) is 0 Å². The van der Waals surface area contributed by atoms with Crippen LogP contribution in [0.4, 0.5) is 11.5 Å². The van der Waals surface area contributed by atoms with Gasteiger partial charge in [0, 0.05) is 18.4 Å². The maximum Gasteiger partial charge on any atom is 0.276 e. The first kappa shape index (κ1) is 17.2. The van der Waals surface area contributed by atoms with Crippen LogP contribution in [0, 0.1) is 11.3 Å². The molecular formula is C18H19N7O. The lowest BCUT2D eigenvalue weighted by Gasteiger charge is -2.05. The number of nitrogen functional groups attached to an aromatic ring is 1. The summed E-state index contributed by atoms with van der Waals surface area (Å²) in [6, 6.07) is 10.8. The van der Waals surface area contributed by atoms with E-state index in [0.717, 1.165) is 11.4 Å². The molecule has 0 saturated heterocycles. The molecule has 0 radical (unpaired) electrons. The number of nitrogens with zero attached hydrogens (tertiary/aromatic N) is 5. The first-order valence-corrected chi connectivity index (χ1v) is 8.10. The fourth-order valence-corrected chi connectivity index (χ4v) is 2.63. The first-order valence-electron chi connectivity index (χ1n) is 8.10. The second-order valence-electron chi connectivity index (χ2n) is 6.22. The third kappa shape index (κ3) is 3.28. The highest BCUT2D eigenvalue weighted by molar-refractivity contribution is 6.03. The van der Waals surface area contributed by atoms with Gasteiger partial charge in [-0.25, -0.2) is 4.68 Å². The van der Waals surface area contributed by atoms with Crippen LogP contribution in [0.1, 0.15) is 41.5 Å². The van der Waals surface area contributed by atoms with Gasteiger partial charge in [0.15, 0.2) is 11.5 Å². The molecular weight excluding hydrogens is 330 g/mol. The Morgan fingerprint density at radius 3 is 2.50 bits per heavy atom. The van der Waals surface area contributed by atoms with Crippen LogP contribution in [0.3, 0.4) is 0 Å². The van der Waals surface area contributed by atoms with Gasteiger partial charge in [-0.2, -0.15) is 10.4 Å². The number of nitrogens with one attached hydrogen (secondary N) is 1. The van der Waals surface area contributed by atoms with Crippen LogP contribution >= 0.6 is 0 Å². The van der Waals surface area contributed by atoms with Gasteiger partial charge in [-0.3, -0.25) is 9.48 Å². The van der Waals surface area contributed by atoms with E-state index in [-0.39, 0.29) is 17.6 Å². The number of benzene rings is 1. The Balaban J connectivity index is 1.76. The van der Waals surface area contributed by atoms with Gasteiger partial charge in [0.05, 0.1) is 11.9 Å². The zero-order valence-electron chi connectivity index (χ0n) is 14.8. The number of aryl methyl sites for hydroxylation is 1. The fourth-order valence-electron chi connectivity index (χ4n) is 2.63. The van der Waals surface area contributed by atoms with Crippen LogP contribution < -0.4 is 11.1 Å². The monoisotopic (exact) mass is 349 g/mol. The summed E-state index contributed by atoms with van der Waals surface area (Å²) in [5.41, 5.74) is 8.72. The summed E-state index contributed by atoms with van der Waals surface area (Å²) in [4.78, 5) is 12.4. The Labute approximate surface area is 150 Å². The Bertz CT molecular complexity index is 990. The van der Waals surface area contributed by atoms with Crippen molar-refractivity contribution >= 4 is 17.4 Å². The molecule has 0 fully saturated rings. The van der Waals surface area contributed by atoms with Crippen LogP contribution in [-0.4, -0.2) is 25.5 Å². The largest absolute Gasteiger partial charge is 0.381 e. The quantitative estimate of drug-likeness (QED) is 0.751. The number of hydrogen-bond donors (Lipinski definition) is 2. The van der Waals surface area contributed by atoms with Crippen LogP contribution in [-0.2, 0) is 7.05 Å². The summed E-state index contributed by atoms with van der Waals surface area (Å²) in [5.74, 6) is 0.199. The summed E-state index contributed by atoms with van der Waals surface area (Å²) >= 11 is 0. The highest BCUT2D eigenvalue weighted by Gasteiger charge is 2.15. The second kappa shape index (κ2) is 6.72. The molecule has 0 saturated carbocycles. The predicted molar refractivity (Wildman–Crippen MR) is 97.9 cm³/mol. The van der Waals surface area contributed by atoms with E-state index >= 15 is 0 Å². The number of nitriles is 1. The number of amides is 1. The second-order valence-corrected chi connectivity index (χ2v) is 6.22. The number of aromatic nitrogens is 4. The predicted octanol–water partition coefficient (Wildman–Crippen LogP) is 2.44. The molecule has 0 unspecified atom stereocenters. The lowest BCUT2D eigenvalue weighted by Crippen LogP contribution is -2.13. The van der Waals surface area contributed by atoms with E-state index < -0.39 is 0 Å². The molecule has 132 valence electrons. The van der Waals surface area contributed by atoms with Crippen molar-refractivity contribution in [2.75, 3.05) is 11.1 Å². The van der Waals surface area contributed by atoms with Crippen molar-refractivity contribution < 1.29 is 4.79 Å². The van der Waals surface area contributed by atoms with E-state index in [0.29, 0.717) is 16.9 Å². The molecule has 26 heavy (non-hydrogen) atoms. The molecule has 3 aromatic rings. The average molecular weight is 349 g/mol. The molecule has 8 nitrogen and oxygen atoms in total. The van der Waals surface area contributed by atoms with Crippen LogP contribution in [0.25, 0.3) is 5.69 Å². The Hall–Kier alpha value is -3.60. The normalized spacial score (nSPS) is 10.7. The number of carbonyl (C=O) groups is 1. The van der Waals surface area contributed by atoms with E-state index in [1.165, 1.54) is 4.68 Å². The zero-order valence-corrected chi connectivity index (χ0v) is 14.8. The molecule has 0 bridgehead atoms. The van der Waals surface area contributed by atoms with Crippen molar-refractivity contribution in [2.45, 2.75) is 19.8 Å². The Morgan fingerprint density at radius 2 is 1.96 bits per heavy atom. The number of hydrogen-bond acceptors (Lipinski definition) is 5. The molecule has 1 aromatic carbocycles. The minimum Gasteiger partial charge on any atom is -0.381 e. The Kier molecular flexibility index (Phi) is 4.45. The zero-order chi connectivity index (χ0) is 18.8. The molecule has 2 aromatic heterocycles. The summed E-state index contributed by atoms with van der Waals surface area (Å²) in [6.45, 7) is 4.11. The number of anilines is 2. The molecule has 0 spiro atoms. The summed E-state index contributed by atoms with van der Waals surface area (Å²) in [7, 11) is 1.83. The van der Waals surface area contributed by atoms with Gasteiger partial charge in [0.1, 0.15) is 11.6 Å². The third-order valence-electron chi connectivity index (χ3n) is 3.99. The summed E-state index contributed by atoms with van der Waals surface area (Å²) < 4.78 is 3.24. The molecule has 3 rings (SSSR count). The van der Waals surface area contributed by atoms with Crippen molar-refractivity contribution in [1.29, 1.82) is 5.26 Å². The summed E-state index contributed by atoms with van der Waals surface area (Å²) in [5, 5.41) is 20.1. The smallest absolute Gasteiger partial charge is 0.276 e. The van der Waals surface area contributed by atoms with Gasteiger partial charge in [-0.05, 0) is 36.2 Å². The number of nitrogens with two attached hydrogens (primary N) is 1. The number of carbonyl (C=O) groups excluding carboxylic acids is 1. The first-order chi connectivity index (χ1) is 12.4. The van der Waals surface area contributed by atoms with Crippen LogP contribution in [0.15, 0.2) is 36.5 Å². The molecule has 0 aliphatic rings. The van der Waals surface area contributed by atoms with Gasteiger partial charge in [0.2, 0.25) is 0 Å². The maximum absolute atomic E-state index is 12.4. The van der Waals surface area contributed by atoms with Crippen molar-refractivity contribution in [1.82, 2.24) is 19.6 Å². The minimum atomic E-state index is -0.268. The number of rotatable bonds is 4. The van der Waals surface area contributed by atoms with Crippen molar-refractivity contribution in [3.63, 3.8) is 0 Å². The van der Waals surface area contributed by atoms with Crippen LogP contribution in [0.2, 0.25) is 0 Å². The summed E-state index contributed by atoms with van der Waals surface area (Å²) in [6.07, 6.45) is 1.56. The molecule has 8 heteroatoms. The highest BCUT2D eigenvalue weighted by Crippen LogP contribution is 2.18. The van der Waals surface area contributed by atoms with Gasteiger partial charge in [-0.1, -0.05) is 13.8 Å². The van der Waals surface area contributed by atoms with Crippen molar-refractivity contribution in [3.05, 3.63) is 53.5 Å². The molecule has 2 heterocycles. The van der Waals surface area contributed by atoms with E-state index in [1.54, 1.807) is 41.2 Å². The maximum atomic E-state index is 12.4. The van der Waals surface area contributed by atoms with E-state index in [1.807, 2.05) is 13.1 Å². The van der Waals surface area contributed by atoms with Gasteiger partial charge < -0.3 is 11.1 Å². The van der Waals surface area contributed by atoms with E-state index in [9.17, 15) is 4.79 Å². The van der Waals surface area contributed by atoms with E-state index in [4.69, 9.17) is 11.0 Å². The molecule has 0 aliphatic heterocycles. The molecule has 3 N–H and O–H groups in total. The molecule has 0 aliphatic carbocycles. The van der Waals surface area contributed by atoms with Gasteiger partial charge in [0.25, 0.3) is 5.91 Å². The fraction of sp³-hybridized carbons (Fsp3) is 0.222. The molecule has 0 atom stereocenters. The highest BCUT2D eigenvalue weighted by atomic mass is 16.1. The Morgan fingerprint density at radius 1 is 1.27 bits per heavy atom. The van der Waals surface area contributed by atoms with Crippen molar-refractivity contribution in [2.24, 2.45) is 7.05 Å². The third-order valence-corrected chi connectivity index (χ3v) is 3.99. The van der Waals surface area contributed by atoms with Crippen molar-refractivity contribution in [3.8, 4) is 11.8 Å². The minimum absolute atomic E-state index is 0.181. The van der Waals surface area contributed by atoms with Gasteiger partial charge in [-0.15, -0.1) is 5.10 Å². The van der Waals surface area contributed by atoms with E-state index in [2.05, 4.69) is 29.4 Å². The van der Waals surface area contributed by atoms with Gasteiger partial charge >= 0.3 is 0 Å². The molecule has 1 amide bonds. The average Bonchev–Trinajstić information content (AvgIpc) is 3.18. The lowest BCUT2D eigenvalue weighted by atomic mass is 10.1. The standard InChI is InChI=1S/C18H19N7O/c1-11(2)16-8-15(22-24(16)3)18(26)21-13-4-6-14(7-5-13)25-10-12(9-19)17(20)23-25/h4-8,10-11H,1-3H3,(H2,20,23)(H,21,26).